The number of carbonyl (C=O) groups is 1. The number of hydrogen-bond acceptors (Lipinski definition) is 2. The molecular formula is C11H16NOP. The van der Waals surface area contributed by atoms with Gasteiger partial charge in [0.05, 0.1) is 0 Å². The molecule has 76 valence electrons. The lowest BCUT2D eigenvalue weighted by molar-refractivity contribution is 0.0844. The Hall–Kier alpha value is -0.720. The maximum Gasteiger partial charge on any atom is 0.169 e. The summed E-state index contributed by atoms with van der Waals surface area (Å²) in [5.41, 5.74) is 0.418. The summed E-state index contributed by atoms with van der Waals surface area (Å²) in [6.45, 7) is 4.55. The summed E-state index contributed by atoms with van der Waals surface area (Å²) < 4.78 is 0. The maximum atomic E-state index is 12.0. The standard InChI is InChI=1S/C11H16NOP/c1-11(2,8-12-14)10(13)9-6-4-3-5-7-9/h3-7,12H,8,14H2,1-2H3. The Labute approximate surface area is 87.4 Å². The number of nitrogens with one attached hydrogen (secondary N) is 1. The van der Waals surface area contributed by atoms with Gasteiger partial charge in [0.2, 0.25) is 0 Å². The van der Waals surface area contributed by atoms with Crippen molar-refractivity contribution >= 4 is 15.2 Å². The van der Waals surface area contributed by atoms with Crippen molar-refractivity contribution in [2.45, 2.75) is 13.8 Å². The van der Waals surface area contributed by atoms with Gasteiger partial charge >= 0.3 is 0 Å². The van der Waals surface area contributed by atoms with E-state index in [1.807, 2.05) is 44.2 Å². The minimum absolute atomic E-state index is 0.174. The van der Waals surface area contributed by atoms with E-state index >= 15 is 0 Å². The zero-order valence-electron chi connectivity index (χ0n) is 8.58. The molecular weight excluding hydrogens is 193 g/mol. The van der Waals surface area contributed by atoms with Crippen molar-refractivity contribution in [3.05, 3.63) is 35.9 Å². The lowest BCUT2D eigenvalue weighted by Crippen LogP contribution is -2.32. The maximum absolute atomic E-state index is 12.0. The van der Waals surface area contributed by atoms with Crippen LogP contribution in [0.5, 0.6) is 0 Å². The second-order valence-corrected chi connectivity index (χ2v) is 4.37. The van der Waals surface area contributed by atoms with E-state index in [2.05, 4.69) is 14.5 Å². The molecule has 0 amide bonds. The first-order chi connectivity index (χ1) is 6.58. The molecule has 1 rings (SSSR count). The summed E-state index contributed by atoms with van der Waals surface area (Å²) >= 11 is 0. The van der Waals surface area contributed by atoms with Gasteiger partial charge in [-0.2, -0.15) is 0 Å². The number of benzene rings is 1. The summed E-state index contributed by atoms with van der Waals surface area (Å²) in [7, 11) is 2.42. The Kier molecular flexibility index (Phi) is 3.79. The van der Waals surface area contributed by atoms with E-state index < -0.39 is 0 Å². The molecule has 14 heavy (non-hydrogen) atoms. The molecule has 0 radical (unpaired) electrons. The van der Waals surface area contributed by atoms with Crippen molar-refractivity contribution in [3.8, 4) is 0 Å². The molecule has 1 atom stereocenters. The number of hydrogen-bond donors (Lipinski definition) is 1. The van der Waals surface area contributed by atoms with Gasteiger partial charge in [-0.05, 0) is 0 Å². The SMILES string of the molecule is CC(C)(CNP)C(=O)c1ccccc1. The number of ketones is 1. The van der Waals surface area contributed by atoms with Gasteiger partial charge in [-0.15, -0.1) is 0 Å². The van der Waals surface area contributed by atoms with E-state index in [1.165, 1.54) is 0 Å². The van der Waals surface area contributed by atoms with Crippen LogP contribution in [-0.4, -0.2) is 12.3 Å². The molecule has 0 aliphatic rings. The van der Waals surface area contributed by atoms with Crippen molar-refractivity contribution < 1.29 is 4.79 Å². The Balaban J connectivity index is 2.85. The molecule has 0 fully saturated rings. The summed E-state index contributed by atoms with van der Waals surface area (Å²) in [5.74, 6) is 0.174. The van der Waals surface area contributed by atoms with Gasteiger partial charge < -0.3 is 0 Å². The smallest absolute Gasteiger partial charge is 0.169 e. The highest BCUT2D eigenvalue weighted by molar-refractivity contribution is 7.13. The monoisotopic (exact) mass is 209 g/mol. The summed E-state index contributed by atoms with van der Waals surface area (Å²) in [6.07, 6.45) is 0. The van der Waals surface area contributed by atoms with Gasteiger partial charge in [0.15, 0.2) is 5.78 Å². The second kappa shape index (κ2) is 4.68. The van der Waals surface area contributed by atoms with Crippen LogP contribution in [0.25, 0.3) is 0 Å². The van der Waals surface area contributed by atoms with Crippen LogP contribution < -0.4 is 5.09 Å². The number of rotatable bonds is 4. The van der Waals surface area contributed by atoms with Crippen LogP contribution in [0.2, 0.25) is 0 Å². The second-order valence-electron chi connectivity index (χ2n) is 3.96. The summed E-state index contributed by atoms with van der Waals surface area (Å²) in [4.78, 5) is 12.0. The highest BCUT2D eigenvalue weighted by Gasteiger charge is 2.27. The van der Waals surface area contributed by atoms with E-state index in [4.69, 9.17) is 0 Å². The fourth-order valence-corrected chi connectivity index (χ4v) is 1.83. The third-order valence-corrected chi connectivity index (χ3v) is 2.40. The fraction of sp³-hybridized carbons (Fsp3) is 0.364. The van der Waals surface area contributed by atoms with E-state index in [-0.39, 0.29) is 11.2 Å². The largest absolute Gasteiger partial charge is 0.300 e. The van der Waals surface area contributed by atoms with Crippen LogP contribution in [0.4, 0.5) is 0 Å². The first kappa shape index (κ1) is 11.4. The van der Waals surface area contributed by atoms with Crippen molar-refractivity contribution in [2.75, 3.05) is 6.54 Å². The minimum Gasteiger partial charge on any atom is -0.300 e. The highest BCUT2D eigenvalue weighted by atomic mass is 31.0. The third kappa shape index (κ3) is 2.63. The molecule has 0 aliphatic heterocycles. The topological polar surface area (TPSA) is 29.1 Å². The third-order valence-electron chi connectivity index (χ3n) is 2.19. The lowest BCUT2D eigenvalue weighted by atomic mass is 9.84. The van der Waals surface area contributed by atoms with Crippen molar-refractivity contribution in [2.24, 2.45) is 5.41 Å². The molecule has 0 spiro atoms. The highest BCUT2D eigenvalue weighted by Crippen LogP contribution is 2.21. The molecule has 0 aliphatic carbocycles. The van der Waals surface area contributed by atoms with Gasteiger partial charge in [0.25, 0.3) is 0 Å². The number of Topliss-reactive ketones (excluding diaryl/α,β-unsaturated/α-hetero) is 1. The zero-order valence-corrected chi connectivity index (χ0v) is 9.73. The molecule has 0 saturated heterocycles. The van der Waals surface area contributed by atoms with Crippen molar-refractivity contribution in [3.63, 3.8) is 0 Å². The van der Waals surface area contributed by atoms with Crippen LogP contribution in [0.1, 0.15) is 24.2 Å². The van der Waals surface area contributed by atoms with Crippen molar-refractivity contribution in [1.29, 1.82) is 0 Å². The normalized spacial score (nSPS) is 11.4. The van der Waals surface area contributed by atoms with E-state index in [0.29, 0.717) is 6.54 Å². The van der Waals surface area contributed by atoms with Crippen LogP contribution in [-0.2, 0) is 0 Å². The van der Waals surface area contributed by atoms with Gasteiger partial charge in [0, 0.05) is 17.5 Å². The molecule has 0 saturated carbocycles. The average Bonchev–Trinajstić information content (AvgIpc) is 2.18. The summed E-state index contributed by atoms with van der Waals surface area (Å²) in [6, 6.07) is 9.40. The van der Waals surface area contributed by atoms with Gasteiger partial charge in [-0.25, -0.2) is 0 Å². The quantitative estimate of drug-likeness (QED) is 0.608. The van der Waals surface area contributed by atoms with E-state index in [1.54, 1.807) is 0 Å². The zero-order chi connectivity index (χ0) is 10.6. The molecule has 1 aromatic rings. The average molecular weight is 209 g/mol. The Bertz CT molecular complexity index is 308. The first-order valence-corrected chi connectivity index (χ1v) is 5.19. The fourth-order valence-electron chi connectivity index (χ4n) is 1.32. The van der Waals surface area contributed by atoms with Gasteiger partial charge in [-0.3, -0.25) is 9.88 Å². The molecule has 2 nitrogen and oxygen atoms in total. The van der Waals surface area contributed by atoms with Gasteiger partial charge in [0.1, 0.15) is 0 Å². The van der Waals surface area contributed by atoms with Crippen LogP contribution >= 0.6 is 9.39 Å². The van der Waals surface area contributed by atoms with E-state index in [0.717, 1.165) is 5.56 Å². The Morgan fingerprint density at radius 1 is 1.36 bits per heavy atom. The van der Waals surface area contributed by atoms with Crippen LogP contribution in [0, 0.1) is 5.41 Å². The Morgan fingerprint density at radius 3 is 2.43 bits per heavy atom. The molecule has 3 heteroatoms. The summed E-state index contributed by atoms with van der Waals surface area (Å²) in [5, 5.41) is 2.95. The first-order valence-electron chi connectivity index (χ1n) is 4.61. The number of carbonyl (C=O) groups excluding carboxylic acids is 1. The molecule has 0 aromatic heterocycles. The predicted molar refractivity (Wildman–Crippen MR) is 62.3 cm³/mol. The minimum atomic E-state index is -0.358. The predicted octanol–water partition coefficient (Wildman–Crippen LogP) is 2.28. The molecule has 1 aromatic carbocycles. The van der Waals surface area contributed by atoms with Gasteiger partial charge in [-0.1, -0.05) is 53.6 Å². The molecule has 0 bridgehead atoms. The molecule has 1 unspecified atom stereocenters. The van der Waals surface area contributed by atoms with Crippen molar-refractivity contribution in [1.82, 2.24) is 5.09 Å². The van der Waals surface area contributed by atoms with Crippen LogP contribution in [0.3, 0.4) is 0 Å². The van der Waals surface area contributed by atoms with Crippen LogP contribution in [0.15, 0.2) is 30.3 Å². The van der Waals surface area contributed by atoms with E-state index in [9.17, 15) is 4.79 Å². The Morgan fingerprint density at radius 2 is 1.93 bits per heavy atom. The molecule has 0 heterocycles. The molecule has 1 N–H and O–H groups in total. The lowest BCUT2D eigenvalue weighted by Gasteiger charge is -2.22.